The Balaban J connectivity index is 1.46. The van der Waals surface area contributed by atoms with Gasteiger partial charge in [0.05, 0.1) is 24.1 Å². The molecule has 170 valence electrons. The van der Waals surface area contributed by atoms with E-state index in [2.05, 4.69) is 9.98 Å². The number of allylic oxidation sites excluding steroid dienone is 2. The number of hydrogen-bond acceptors (Lipinski definition) is 6. The fraction of sp³-hybridized carbons (Fsp3) is 0.192. The van der Waals surface area contributed by atoms with Gasteiger partial charge in [0.2, 0.25) is 11.6 Å². The Morgan fingerprint density at radius 1 is 1.15 bits per heavy atom. The summed E-state index contributed by atoms with van der Waals surface area (Å²) in [6.45, 7) is 1.90. The van der Waals surface area contributed by atoms with E-state index in [1.807, 2.05) is 43.3 Å². The third kappa shape index (κ3) is 3.19. The average molecular weight is 457 g/mol. The van der Waals surface area contributed by atoms with Crippen molar-refractivity contribution in [3.05, 3.63) is 89.3 Å². The van der Waals surface area contributed by atoms with E-state index >= 15 is 4.39 Å². The Morgan fingerprint density at radius 3 is 2.71 bits per heavy atom. The first kappa shape index (κ1) is 20.9. The minimum Gasteiger partial charge on any atom is -0.439 e. The molecule has 1 fully saturated rings. The van der Waals surface area contributed by atoms with Gasteiger partial charge in [0.15, 0.2) is 5.82 Å². The molecule has 3 N–H and O–H groups in total. The van der Waals surface area contributed by atoms with Crippen LogP contribution in [0.5, 0.6) is 11.6 Å². The number of pyridine rings is 1. The number of amidine groups is 1. The third-order valence-electron chi connectivity index (χ3n) is 6.63. The minimum absolute atomic E-state index is 0.0660. The molecule has 0 spiro atoms. The molecule has 0 bridgehead atoms. The number of para-hydroxylation sites is 1. The smallest absolute Gasteiger partial charge is 0.267 e. The van der Waals surface area contributed by atoms with Crippen molar-refractivity contribution >= 4 is 23.0 Å². The standard InChI is InChI=1S/C26H23FN5O2/c1-15-11-22(34-18-5-3-2-4-6-18)30-25-19(15)7-8-20(23(25)27)26-31-24(16-12-17(33)13-16)21-14-29-9-10-32(21,26)28/h2-11,14,16-17,33H,12-13,28H2,1H3/q+1. The molecular formula is C26H23FN5O2+. The first-order valence-electron chi connectivity index (χ1n) is 11.2. The number of aryl methyl sites for hydroxylation is 1. The molecule has 1 aromatic heterocycles. The molecule has 6 rings (SSSR count). The summed E-state index contributed by atoms with van der Waals surface area (Å²) in [6, 6.07) is 14.6. The molecule has 1 aliphatic carbocycles. The molecule has 0 radical (unpaired) electrons. The fourth-order valence-corrected chi connectivity index (χ4v) is 4.73. The van der Waals surface area contributed by atoms with Gasteiger partial charge in [-0.15, -0.1) is 4.59 Å². The Bertz CT molecular complexity index is 1440. The Hall–Kier alpha value is -3.72. The van der Waals surface area contributed by atoms with Crippen molar-refractivity contribution in [3.63, 3.8) is 0 Å². The lowest BCUT2D eigenvalue weighted by atomic mass is 9.79. The summed E-state index contributed by atoms with van der Waals surface area (Å²) < 4.78 is 21.7. The van der Waals surface area contributed by atoms with Crippen LogP contribution in [0.25, 0.3) is 10.9 Å². The Morgan fingerprint density at radius 2 is 1.94 bits per heavy atom. The number of aliphatic imine (C=N–C) groups is 2. The number of benzene rings is 2. The van der Waals surface area contributed by atoms with Gasteiger partial charge in [0.1, 0.15) is 23.2 Å². The Kier molecular flexibility index (Phi) is 4.70. The second kappa shape index (κ2) is 7.66. The van der Waals surface area contributed by atoms with E-state index in [4.69, 9.17) is 15.6 Å². The zero-order chi connectivity index (χ0) is 23.4. The number of nitrogens with two attached hydrogens (primary N) is 1. The number of fused-ring (bicyclic) bond motifs is 2. The van der Waals surface area contributed by atoms with Crippen molar-refractivity contribution in [2.45, 2.75) is 25.9 Å². The summed E-state index contributed by atoms with van der Waals surface area (Å²) in [7, 11) is 0. The van der Waals surface area contributed by atoms with Crippen molar-refractivity contribution in [2.24, 2.45) is 21.7 Å². The molecule has 3 heterocycles. The van der Waals surface area contributed by atoms with E-state index in [-0.39, 0.29) is 27.7 Å². The van der Waals surface area contributed by atoms with Gasteiger partial charge in [-0.05, 0) is 43.5 Å². The van der Waals surface area contributed by atoms with Crippen molar-refractivity contribution in [3.8, 4) is 11.6 Å². The number of nitrogens with zero attached hydrogens (tertiary/aromatic N) is 4. The quantitative estimate of drug-likeness (QED) is 0.448. The minimum atomic E-state index is -0.508. The summed E-state index contributed by atoms with van der Waals surface area (Å²) >= 11 is 0. The van der Waals surface area contributed by atoms with Crippen LogP contribution < -0.4 is 10.6 Å². The number of quaternary nitrogens is 1. The highest BCUT2D eigenvalue weighted by Gasteiger charge is 2.48. The highest BCUT2D eigenvalue weighted by Crippen LogP contribution is 2.42. The molecule has 1 atom stereocenters. The lowest BCUT2D eigenvalue weighted by Gasteiger charge is -2.31. The average Bonchev–Trinajstić information content (AvgIpc) is 3.11. The summed E-state index contributed by atoms with van der Waals surface area (Å²) in [4.78, 5) is 13.5. The number of aromatic nitrogens is 1. The highest BCUT2D eigenvalue weighted by atomic mass is 19.1. The van der Waals surface area contributed by atoms with E-state index in [1.165, 1.54) is 0 Å². The van der Waals surface area contributed by atoms with E-state index in [0.717, 1.165) is 11.3 Å². The third-order valence-corrected chi connectivity index (χ3v) is 6.63. The van der Waals surface area contributed by atoms with Crippen LogP contribution in [0.15, 0.2) is 82.3 Å². The summed E-state index contributed by atoms with van der Waals surface area (Å²) in [5.74, 6) is 7.61. The maximum atomic E-state index is 16.1. The van der Waals surface area contributed by atoms with E-state index in [1.54, 1.807) is 30.7 Å². The van der Waals surface area contributed by atoms with Gasteiger partial charge >= 0.3 is 0 Å². The molecule has 8 heteroatoms. The van der Waals surface area contributed by atoms with E-state index in [0.29, 0.717) is 41.4 Å². The van der Waals surface area contributed by atoms with Crippen LogP contribution in [-0.4, -0.2) is 32.8 Å². The normalized spacial score (nSPS) is 25.4. The molecule has 34 heavy (non-hydrogen) atoms. The first-order chi connectivity index (χ1) is 16.4. The Labute approximate surface area is 195 Å². The monoisotopic (exact) mass is 456 g/mol. The predicted octanol–water partition coefficient (Wildman–Crippen LogP) is 4.46. The lowest BCUT2D eigenvalue weighted by molar-refractivity contribution is -0.750. The number of aliphatic hydroxyl groups is 1. The van der Waals surface area contributed by atoms with Crippen LogP contribution in [0.2, 0.25) is 0 Å². The molecule has 1 saturated carbocycles. The van der Waals surface area contributed by atoms with Crippen molar-refractivity contribution in [1.82, 2.24) is 4.98 Å². The van der Waals surface area contributed by atoms with Gasteiger partial charge in [-0.3, -0.25) is 4.99 Å². The molecule has 3 aliphatic rings. The van der Waals surface area contributed by atoms with Crippen LogP contribution in [-0.2, 0) is 0 Å². The van der Waals surface area contributed by atoms with Crippen molar-refractivity contribution < 1.29 is 18.8 Å². The molecular weight excluding hydrogens is 433 g/mol. The fourth-order valence-electron chi connectivity index (χ4n) is 4.73. The number of ether oxygens (including phenoxy) is 1. The van der Waals surface area contributed by atoms with Crippen LogP contribution in [0.3, 0.4) is 0 Å². The summed E-state index contributed by atoms with van der Waals surface area (Å²) in [5, 5.41) is 10.5. The second-order valence-electron chi connectivity index (χ2n) is 8.90. The number of rotatable bonds is 4. The maximum Gasteiger partial charge on any atom is 0.267 e. The van der Waals surface area contributed by atoms with Crippen LogP contribution in [0.4, 0.5) is 4.39 Å². The second-order valence-corrected chi connectivity index (χ2v) is 8.90. The van der Waals surface area contributed by atoms with Gasteiger partial charge in [0.25, 0.3) is 5.84 Å². The lowest BCUT2D eigenvalue weighted by Crippen LogP contribution is -2.53. The number of halogens is 1. The zero-order valence-electron chi connectivity index (χ0n) is 18.5. The highest BCUT2D eigenvalue weighted by molar-refractivity contribution is 6.03. The van der Waals surface area contributed by atoms with E-state index in [9.17, 15) is 5.11 Å². The molecule has 3 aromatic rings. The van der Waals surface area contributed by atoms with Gasteiger partial charge < -0.3 is 9.84 Å². The largest absolute Gasteiger partial charge is 0.439 e. The predicted molar refractivity (Wildman–Crippen MR) is 127 cm³/mol. The SMILES string of the molecule is Cc1cc(Oc2ccccc2)nc2c(F)c(C3=NC(C4CC(O)C4)=C4C=NC=C[N+]34N)ccc12. The van der Waals surface area contributed by atoms with E-state index < -0.39 is 5.82 Å². The zero-order valence-corrected chi connectivity index (χ0v) is 18.5. The first-order valence-corrected chi connectivity index (χ1v) is 11.2. The van der Waals surface area contributed by atoms with Gasteiger partial charge in [-0.25, -0.2) is 9.37 Å². The molecule has 0 saturated heterocycles. The molecule has 7 nitrogen and oxygen atoms in total. The maximum absolute atomic E-state index is 16.1. The molecule has 1 unspecified atom stereocenters. The van der Waals surface area contributed by atoms with Gasteiger partial charge in [-0.2, -0.15) is 10.8 Å². The van der Waals surface area contributed by atoms with Crippen LogP contribution >= 0.6 is 0 Å². The summed E-state index contributed by atoms with van der Waals surface area (Å²) in [6.07, 6.45) is 5.81. The topological polar surface area (TPSA) is 93.1 Å². The van der Waals surface area contributed by atoms with Crippen molar-refractivity contribution in [2.75, 3.05) is 0 Å². The van der Waals surface area contributed by atoms with Gasteiger partial charge in [-0.1, -0.05) is 24.3 Å². The molecule has 2 aromatic carbocycles. The molecule has 0 amide bonds. The van der Waals surface area contributed by atoms with Crippen LogP contribution in [0.1, 0.15) is 24.0 Å². The van der Waals surface area contributed by atoms with Crippen molar-refractivity contribution in [1.29, 1.82) is 0 Å². The number of aliphatic hydroxyl groups excluding tert-OH is 1. The summed E-state index contributed by atoms with van der Waals surface area (Å²) in [5.41, 5.74) is 2.76. The van der Waals surface area contributed by atoms with Crippen LogP contribution in [0, 0.1) is 18.7 Å². The van der Waals surface area contributed by atoms with Gasteiger partial charge in [0, 0.05) is 17.4 Å². The number of hydrogen-bond donors (Lipinski definition) is 2. The molecule has 2 aliphatic heterocycles.